The Morgan fingerprint density at radius 2 is 1.76 bits per heavy atom. The van der Waals surface area contributed by atoms with E-state index in [1.807, 2.05) is 19.1 Å². The van der Waals surface area contributed by atoms with Crippen LogP contribution in [0.5, 0.6) is 0 Å². The zero-order valence-corrected chi connectivity index (χ0v) is 12.8. The molecule has 2 nitrogen and oxygen atoms in total. The molecule has 0 bridgehead atoms. The topological polar surface area (TPSA) is 30.9 Å². The third kappa shape index (κ3) is 3.29. The second kappa shape index (κ2) is 5.92. The molecule has 0 spiro atoms. The van der Waals surface area contributed by atoms with Crippen LogP contribution in [-0.2, 0) is 13.0 Å². The van der Waals surface area contributed by atoms with Crippen molar-refractivity contribution in [3.05, 3.63) is 70.9 Å². The van der Waals surface area contributed by atoms with E-state index in [9.17, 15) is 0 Å². The second-order valence-electron chi connectivity index (χ2n) is 5.64. The molecule has 2 aromatic carbocycles. The molecule has 0 amide bonds. The van der Waals surface area contributed by atoms with Gasteiger partial charge < -0.3 is 10.3 Å². The second-order valence-corrected chi connectivity index (χ2v) is 6.08. The van der Waals surface area contributed by atoms with E-state index in [4.69, 9.17) is 17.3 Å². The molecule has 1 aromatic heterocycles. The van der Waals surface area contributed by atoms with Gasteiger partial charge in [0.05, 0.1) is 0 Å². The highest BCUT2D eigenvalue weighted by atomic mass is 35.5. The van der Waals surface area contributed by atoms with Crippen LogP contribution in [0, 0.1) is 0 Å². The van der Waals surface area contributed by atoms with Gasteiger partial charge in [0, 0.05) is 29.3 Å². The van der Waals surface area contributed by atoms with Crippen molar-refractivity contribution >= 4 is 22.5 Å². The van der Waals surface area contributed by atoms with Crippen molar-refractivity contribution < 1.29 is 0 Å². The lowest BCUT2D eigenvalue weighted by molar-refractivity contribution is 0.738. The Bertz CT molecular complexity index is 742. The summed E-state index contributed by atoms with van der Waals surface area (Å²) in [5.41, 5.74) is 9.68. The molecule has 0 fully saturated rings. The lowest BCUT2D eigenvalue weighted by Crippen LogP contribution is -2.17. The first kappa shape index (κ1) is 14.2. The standard InChI is InChI=1S/C18H19ClN2/c1-13(20)10-15-2-5-16-8-9-21(18(16)11-15)12-14-3-6-17(19)7-4-14/h2-9,11,13H,10,12,20H2,1H3. The quantitative estimate of drug-likeness (QED) is 0.767. The van der Waals surface area contributed by atoms with E-state index < -0.39 is 0 Å². The SMILES string of the molecule is CC(N)Cc1ccc2ccn(Cc3ccc(Cl)cc3)c2c1. The Kier molecular flexibility index (Phi) is 4.00. The van der Waals surface area contributed by atoms with Crippen LogP contribution < -0.4 is 5.73 Å². The highest BCUT2D eigenvalue weighted by Crippen LogP contribution is 2.20. The van der Waals surface area contributed by atoms with Crippen molar-refractivity contribution in [2.24, 2.45) is 5.73 Å². The molecule has 0 radical (unpaired) electrons. The molecule has 21 heavy (non-hydrogen) atoms. The maximum atomic E-state index is 5.94. The largest absolute Gasteiger partial charge is 0.343 e. The summed E-state index contributed by atoms with van der Waals surface area (Å²) in [7, 11) is 0. The average Bonchev–Trinajstić information content (AvgIpc) is 2.83. The van der Waals surface area contributed by atoms with E-state index in [0.717, 1.165) is 18.0 Å². The van der Waals surface area contributed by atoms with Gasteiger partial charge in [-0.05, 0) is 54.1 Å². The van der Waals surface area contributed by atoms with Gasteiger partial charge in [-0.2, -0.15) is 0 Å². The predicted molar refractivity (Wildman–Crippen MR) is 89.8 cm³/mol. The molecule has 0 saturated heterocycles. The summed E-state index contributed by atoms with van der Waals surface area (Å²) in [6.07, 6.45) is 3.04. The van der Waals surface area contributed by atoms with Gasteiger partial charge >= 0.3 is 0 Å². The van der Waals surface area contributed by atoms with Crippen LogP contribution in [-0.4, -0.2) is 10.6 Å². The van der Waals surface area contributed by atoms with E-state index in [-0.39, 0.29) is 6.04 Å². The summed E-state index contributed by atoms with van der Waals surface area (Å²) >= 11 is 5.94. The maximum Gasteiger partial charge on any atom is 0.0486 e. The number of nitrogens with zero attached hydrogens (tertiary/aromatic N) is 1. The molecule has 3 rings (SSSR count). The molecule has 108 valence electrons. The van der Waals surface area contributed by atoms with Gasteiger partial charge in [-0.25, -0.2) is 0 Å². The molecular formula is C18H19ClN2. The molecule has 0 aliphatic rings. The third-order valence-electron chi connectivity index (χ3n) is 3.66. The van der Waals surface area contributed by atoms with Crippen LogP contribution in [0.1, 0.15) is 18.1 Å². The summed E-state index contributed by atoms with van der Waals surface area (Å²) in [6, 6.07) is 16.9. The minimum atomic E-state index is 0.183. The first-order valence-electron chi connectivity index (χ1n) is 7.19. The first-order valence-corrected chi connectivity index (χ1v) is 7.57. The average molecular weight is 299 g/mol. The smallest absolute Gasteiger partial charge is 0.0486 e. The maximum absolute atomic E-state index is 5.94. The summed E-state index contributed by atoms with van der Waals surface area (Å²) < 4.78 is 2.27. The first-order chi connectivity index (χ1) is 10.1. The summed E-state index contributed by atoms with van der Waals surface area (Å²) in [5.74, 6) is 0. The van der Waals surface area contributed by atoms with Crippen LogP contribution in [0.4, 0.5) is 0 Å². The number of hydrogen-bond acceptors (Lipinski definition) is 1. The fraction of sp³-hybridized carbons (Fsp3) is 0.222. The molecule has 0 saturated carbocycles. The number of fused-ring (bicyclic) bond motifs is 1. The molecule has 0 aliphatic carbocycles. The number of halogens is 1. The Morgan fingerprint density at radius 1 is 1.05 bits per heavy atom. The van der Waals surface area contributed by atoms with E-state index in [2.05, 4.69) is 47.2 Å². The van der Waals surface area contributed by atoms with Gasteiger partial charge in [0.1, 0.15) is 0 Å². The normalized spacial score (nSPS) is 12.7. The van der Waals surface area contributed by atoms with Gasteiger partial charge in [0.25, 0.3) is 0 Å². The summed E-state index contributed by atoms with van der Waals surface area (Å²) in [5, 5.41) is 2.03. The van der Waals surface area contributed by atoms with Crippen LogP contribution in [0.3, 0.4) is 0 Å². The third-order valence-corrected chi connectivity index (χ3v) is 3.91. The highest BCUT2D eigenvalue weighted by molar-refractivity contribution is 6.30. The van der Waals surface area contributed by atoms with Crippen LogP contribution >= 0.6 is 11.6 Å². The molecule has 2 N–H and O–H groups in total. The monoisotopic (exact) mass is 298 g/mol. The molecule has 0 aliphatic heterocycles. The Morgan fingerprint density at radius 3 is 2.48 bits per heavy atom. The van der Waals surface area contributed by atoms with Gasteiger partial charge in [-0.3, -0.25) is 0 Å². The Hall–Kier alpha value is -1.77. The Balaban J connectivity index is 1.92. The van der Waals surface area contributed by atoms with E-state index in [1.165, 1.54) is 22.0 Å². The molecule has 3 aromatic rings. The molecule has 3 heteroatoms. The summed E-state index contributed by atoms with van der Waals surface area (Å²) in [6.45, 7) is 2.89. The fourth-order valence-electron chi connectivity index (χ4n) is 2.65. The highest BCUT2D eigenvalue weighted by Gasteiger charge is 2.05. The van der Waals surface area contributed by atoms with Crippen molar-refractivity contribution in [2.45, 2.75) is 25.9 Å². The van der Waals surface area contributed by atoms with E-state index in [1.54, 1.807) is 0 Å². The Labute approximate surface area is 130 Å². The van der Waals surface area contributed by atoms with Crippen molar-refractivity contribution in [2.75, 3.05) is 0 Å². The summed E-state index contributed by atoms with van der Waals surface area (Å²) in [4.78, 5) is 0. The van der Waals surface area contributed by atoms with Gasteiger partial charge in [-0.1, -0.05) is 35.9 Å². The minimum Gasteiger partial charge on any atom is -0.343 e. The van der Waals surface area contributed by atoms with Gasteiger partial charge in [-0.15, -0.1) is 0 Å². The van der Waals surface area contributed by atoms with E-state index >= 15 is 0 Å². The number of nitrogens with two attached hydrogens (primary N) is 1. The zero-order chi connectivity index (χ0) is 14.8. The minimum absolute atomic E-state index is 0.183. The fourth-order valence-corrected chi connectivity index (χ4v) is 2.78. The zero-order valence-electron chi connectivity index (χ0n) is 12.1. The number of aromatic nitrogens is 1. The van der Waals surface area contributed by atoms with Crippen molar-refractivity contribution in [3.8, 4) is 0 Å². The van der Waals surface area contributed by atoms with Gasteiger partial charge in [0.2, 0.25) is 0 Å². The predicted octanol–water partition coefficient (Wildman–Crippen LogP) is 4.23. The van der Waals surface area contributed by atoms with E-state index in [0.29, 0.717) is 0 Å². The molecule has 1 unspecified atom stereocenters. The van der Waals surface area contributed by atoms with Crippen molar-refractivity contribution in [1.29, 1.82) is 0 Å². The number of hydrogen-bond donors (Lipinski definition) is 1. The van der Waals surface area contributed by atoms with Crippen LogP contribution in [0.2, 0.25) is 5.02 Å². The van der Waals surface area contributed by atoms with Crippen molar-refractivity contribution in [1.82, 2.24) is 4.57 Å². The number of benzene rings is 2. The lowest BCUT2D eigenvalue weighted by atomic mass is 10.1. The number of rotatable bonds is 4. The van der Waals surface area contributed by atoms with Crippen LogP contribution in [0.25, 0.3) is 10.9 Å². The van der Waals surface area contributed by atoms with Crippen LogP contribution in [0.15, 0.2) is 54.7 Å². The molecular weight excluding hydrogens is 280 g/mol. The van der Waals surface area contributed by atoms with Crippen molar-refractivity contribution in [3.63, 3.8) is 0 Å². The lowest BCUT2D eigenvalue weighted by Gasteiger charge is -2.09. The molecule has 1 heterocycles. The van der Waals surface area contributed by atoms with Gasteiger partial charge in [0.15, 0.2) is 0 Å². The molecule has 1 atom stereocenters.